The van der Waals surface area contributed by atoms with Gasteiger partial charge in [-0.1, -0.05) is 0 Å². The lowest BCUT2D eigenvalue weighted by Crippen LogP contribution is -2.77. The maximum atomic E-state index is 5.08. The second-order valence-electron chi connectivity index (χ2n) is 1.78. The van der Waals surface area contributed by atoms with E-state index in [2.05, 4.69) is 32.6 Å². The van der Waals surface area contributed by atoms with Gasteiger partial charge in [0.15, 0.2) is 0 Å². The molecule has 1 aliphatic rings. The van der Waals surface area contributed by atoms with Crippen molar-refractivity contribution in [2.75, 3.05) is 0 Å². The molecule has 60 valence electrons. The standard InChI is InChI=1S/C2H12N8/c3-5-1-7-9-2(6-4)10-8-1/h1-2,5-10H,3-4H2. The van der Waals surface area contributed by atoms with E-state index in [1.807, 2.05) is 0 Å². The molecule has 0 amide bonds. The second kappa shape index (κ2) is 3.75. The van der Waals surface area contributed by atoms with Crippen molar-refractivity contribution in [3.05, 3.63) is 0 Å². The van der Waals surface area contributed by atoms with Crippen LogP contribution in [-0.2, 0) is 0 Å². The first-order chi connectivity index (χ1) is 4.86. The Morgan fingerprint density at radius 2 is 1.10 bits per heavy atom. The van der Waals surface area contributed by atoms with Crippen molar-refractivity contribution in [3.63, 3.8) is 0 Å². The van der Waals surface area contributed by atoms with Crippen molar-refractivity contribution < 1.29 is 0 Å². The third-order valence-corrected chi connectivity index (χ3v) is 1.08. The summed E-state index contributed by atoms with van der Waals surface area (Å²) in [7, 11) is 0. The highest BCUT2D eigenvalue weighted by molar-refractivity contribution is 4.62. The fourth-order valence-corrected chi connectivity index (χ4v) is 0.572. The summed E-state index contributed by atoms with van der Waals surface area (Å²) in [5.74, 6) is 10.2. The molecule has 1 heterocycles. The highest BCUT2D eigenvalue weighted by Gasteiger charge is 2.14. The largest absolute Gasteiger partial charge is 0.269 e. The zero-order chi connectivity index (χ0) is 7.40. The average molecular weight is 148 g/mol. The molecule has 1 fully saturated rings. The van der Waals surface area contributed by atoms with Gasteiger partial charge < -0.3 is 0 Å². The molecule has 8 heteroatoms. The van der Waals surface area contributed by atoms with Crippen LogP contribution >= 0.6 is 0 Å². The lowest BCUT2D eigenvalue weighted by Gasteiger charge is -2.31. The van der Waals surface area contributed by atoms with Crippen LogP contribution in [0.3, 0.4) is 0 Å². The van der Waals surface area contributed by atoms with Crippen LogP contribution in [-0.4, -0.2) is 12.6 Å². The van der Waals surface area contributed by atoms with Gasteiger partial charge in [-0.25, -0.2) is 32.6 Å². The average Bonchev–Trinajstić information content (AvgIpc) is 2.05. The van der Waals surface area contributed by atoms with Gasteiger partial charge in [-0.15, -0.1) is 0 Å². The van der Waals surface area contributed by atoms with Gasteiger partial charge >= 0.3 is 0 Å². The predicted octanol–water partition coefficient (Wildman–Crippen LogP) is -4.32. The zero-order valence-electron chi connectivity index (χ0n) is 5.31. The quantitative estimate of drug-likeness (QED) is 0.146. The number of hydrogen-bond donors (Lipinski definition) is 8. The first kappa shape index (κ1) is 7.78. The van der Waals surface area contributed by atoms with Crippen molar-refractivity contribution in [2.24, 2.45) is 11.7 Å². The third-order valence-electron chi connectivity index (χ3n) is 1.08. The van der Waals surface area contributed by atoms with E-state index in [9.17, 15) is 0 Å². The molecule has 0 radical (unpaired) electrons. The molecule has 0 bridgehead atoms. The van der Waals surface area contributed by atoms with Crippen molar-refractivity contribution in [1.82, 2.24) is 32.6 Å². The van der Waals surface area contributed by atoms with Crippen molar-refractivity contribution in [2.45, 2.75) is 12.6 Å². The Balaban J connectivity index is 2.17. The topological polar surface area (TPSA) is 124 Å². The zero-order valence-corrected chi connectivity index (χ0v) is 5.31. The van der Waals surface area contributed by atoms with E-state index < -0.39 is 0 Å². The summed E-state index contributed by atoms with van der Waals surface area (Å²) in [5.41, 5.74) is 15.9. The van der Waals surface area contributed by atoms with E-state index in [-0.39, 0.29) is 12.6 Å². The van der Waals surface area contributed by atoms with Gasteiger partial charge in [0.05, 0.1) is 0 Å². The Morgan fingerprint density at radius 1 is 0.800 bits per heavy atom. The first-order valence-corrected chi connectivity index (χ1v) is 2.81. The minimum absolute atomic E-state index is 0.218. The normalized spacial score (nSPS) is 34.2. The van der Waals surface area contributed by atoms with E-state index in [0.29, 0.717) is 0 Å². The molecule has 10 N–H and O–H groups in total. The number of hydrazine groups is 4. The van der Waals surface area contributed by atoms with Crippen molar-refractivity contribution in [3.8, 4) is 0 Å². The minimum Gasteiger partial charge on any atom is -0.269 e. The molecule has 0 spiro atoms. The monoisotopic (exact) mass is 148 g/mol. The molecule has 0 unspecified atom stereocenters. The predicted molar refractivity (Wildman–Crippen MR) is 34.8 cm³/mol. The Labute approximate surface area is 58.0 Å². The Kier molecular flexibility index (Phi) is 2.92. The van der Waals surface area contributed by atoms with Gasteiger partial charge in [-0.05, 0) is 0 Å². The number of rotatable bonds is 2. The second-order valence-corrected chi connectivity index (χ2v) is 1.78. The maximum absolute atomic E-state index is 5.08. The molecule has 0 aromatic rings. The summed E-state index contributed by atoms with van der Waals surface area (Å²) in [4.78, 5) is 0. The summed E-state index contributed by atoms with van der Waals surface area (Å²) in [6.07, 6.45) is -0.436. The van der Waals surface area contributed by atoms with Crippen LogP contribution < -0.4 is 44.2 Å². The highest BCUT2D eigenvalue weighted by atomic mass is 15.7. The van der Waals surface area contributed by atoms with Gasteiger partial charge in [-0.3, -0.25) is 11.7 Å². The summed E-state index contributed by atoms with van der Waals surface area (Å²) in [6.45, 7) is 0. The van der Waals surface area contributed by atoms with Crippen LogP contribution in [0.25, 0.3) is 0 Å². The van der Waals surface area contributed by atoms with Gasteiger partial charge in [0.1, 0.15) is 12.6 Å². The Bertz CT molecular complexity index is 73.3. The fraction of sp³-hybridized carbons (Fsp3) is 1.00. The van der Waals surface area contributed by atoms with Crippen LogP contribution in [0.2, 0.25) is 0 Å². The van der Waals surface area contributed by atoms with E-state index in [0.717, 1.165) is 0 Å². The molecular weight excluding hydrogens is 136 g/mol. The summed E-state index contributed by atoms with van der Waals surface area (Å²) < 4.78 is 0. The van der Waals surface area contributed by atoms with Crippen molar-refractivity contribution >= 4 is 0 Å². The molecule has 0 atom stereocenters. The molecule has 0 aromatic carbocycles. The maximum Gasteiger partial charge on any atom is 0.149 e. The van der Waals surface area contributed by atoms with Crippen molar-refractivity contribution in [1.29, 1.82) is 0 Å². The molecule has 8 nitrogen and oxygen atoms in total. The van der Waals surface area contributed by atoms with Gasteiger partial charge in [0.25, 0.3) is 0 Å². The van der Waals surface area contributed by atoms with Gasteiger partial charge in [0, 0.05) is 0 Å². The van der Waals surface area contributed by atoms with Crippen LogP contribution in [0.15, 0.2) is 0 Å². The molecule has 1 saturated heterocycles. The lowest BCUT2D eigenvalue weighted by atomic mass is 10.8. The van der Waals surface area contributed by atoms with E-state index in [4.69, 9.17) is 11.7 Å². The number of hydrogen-bond acceptors (Lipinski definition) is 8. The van der Waals surface area contributed by atoms with Gasteiger partial charge in [-0.2, -0.15) is 0 Å². The molecule has 10 heavy (non-hydrogen) atoms. The van der Waals surface area contributed by atoms with E-state index in [1.54, 1.807) is 0 Å². The van der Waals surface area contributed by atoms with E-state index >= 15 is 0 Å². The number of nitrogens with one attached hydrogen (secondary N) is 6. The molecular formula is C2H12N8. The SMILES string of the molecule is NNC1NNC(NN)NN1. The van der Waals surface area contributed by atoms with Crippen LogP contribution in [0.4, 0.5) is 0 Å². The van der Waals surface area contributed by atoms with Crippen LogP contribution in [0.1, 0.15) is 0 Å². The molecule has 0 saturated carbocycles. The minimum atomic E-state index is -0.218. The Morgan fingerprint density at radius 3 is 1.30 bits per heavy atom. The molecule has 0 aromatic heterocycles. The smallest absolute Gasteiger partial charge is 0.149 e. The molecule has 1 aliphatic heterocycles. The molecule has 0 aliphatic carbocycles. The third kappa shape index (κ3) is 1.83. The molecule has 1 rings (SSSR count). The van der Waals surface area contributed by atoms with E-state index in [1.165, 1.54) is 0 Å². The van der Waals surface area contributed by atoms with Crippen LogP contribution in [0.5, 0.6) is 0 Å². The lowest BCUT2D eigenvalue weighted by molar-refractivity contribution is 0.146. The fourth-order valence-electron chi connectivity index (χ4n) is 0.572. The summed E-state index contributed by atoms with van der Waals surface area (Å²) >= 11 is 0. The van der Waals surface area contributed by atoms with Gasteiger partial charge in [0.2, 0.25) is 0 Å². The summed E-state index contributed by atoms with van der Waals surface area (Å²) in [5, 5.41) is 0. The Hall–Kier alpha value is -0.320. The summed E-state index contributed by atoms with van der Waals surface area (Å²) in [6, 6.07) is 0. The highest BCUT2D eigenvalue weighted by Crippen LogP contribution is 1.71. The number of nitrogens with two attached hydrogens (primary N) is 2. The van der Waals surface area contributed by atoms with Crippen LogP contribution in [0, 0.1) is 0 Å². The first-order valence-electron chi connectivity index (χ1n) is 2.81.